The van der Waals surface area contributed by atoms with Gasteiger partial charge in [0.2, 0.25) is 0 Å². The zero-order chi connectivity index (χ0) is 14.3. The van der Waals surface area contributed by atoms with Crippen molar-refractivity contribution in [1.29, 1.82) is 0 Å². The van der Waals surface area contributed by atoms with E-state index in [2.05, 4.69) is 16.9 Å². The number of hydrogen-bond acceptors (Lipinski definition) is 3. The molecule has 2 fully saturated rings. The fraction of sp³-hybridized carbons (Fsp3) is 0.778. The van der Waals surface area contributed by atoms with E-state index in [-0.39, 0.29) is 0 Å². The van der Waals surface area contributed by atoms with Gasteiger partial charge in [0.05, 0.1) is 5.69 Å². The zero-order valence-electron chi connectivity index (χ0n) is 13.1. The summed E-state index contributed by atoms with van der Waals surface area (Å²) in [6.45, 7) is 2.46. The number of hydrogen-bond donors (Lipinski definition) is 0. The lowest BCUT2D eigenvalue weighted by atomic mass is 9.78. The van der Waals surface area contributed by atoms with E-state index in [4.69, 9.17) is 4.74 Å². The monoisotopic (exact) mass is 286 g/mol. The van der Waals surface area contributed by atoms with Crippen LogP contribution in [0.3, 0.4) is 0 Å². The number of nitrogens with zero attached hydrogens (tertiary/aromatic N) is 2. The molecule has 0 spiro atoms. The summed E-state index contributed by atoms with van der Waals surface area (Å²) in [4.78, 5) is 9.09. The van der Waals surface area contributed by atoms with Gasteiger partial charge in [-0.15, -0.1) is 0 Å². The van der Waals surface area contributed by atoms with Crippen molar-refractivity contribution in [2.24, 2.45) is 11.3 Å². The summed E-state index contributed by atoms with van der Waals surface area (Å²) >= 11 is 0. The number of fused-ring (bicyclic) bond motifs is 1. The highest BCUT2D eigenvalue weighted by atomic mass is 16.5. The fourth-order valence-electron chi connectivity index (χ4n) is 4.15. The predicted octanol–water partition coefficient (Wildman–Crippen LogP) is 4.09. The van der Waals surface area contributed by atoms with Gasteiger partial charge >= 0.3 is 6.01 Å². The molecule has 3 aliphatic carbocycles. The van der Waals surface area contributed by atoms with Crippen LogP contribution in [0.2, 0.25) is 0 Å². The molecule has 0 amide bonds. The molecule has 0 atom stereocenters. The van der Waals surface area contributed by atoms with Crippen LogP contribution < -0.4 is 4.74 Å². The van der Waals surface area contributed by atoms with Gasteiger partial charge in [-0.1, -0.05) is 6.92 Å². The minimum Gasteiger partial charge on any atom is -0.460 e. The largest absolute Gasteiger partial charge is 0.460 e. The van der Waals surface area contributed by atoms with Gasteiger partial charge < -0.3 is 4.74 Å². The molecule has 0 aliphatic heterocycles. The summed E-state index contributed by atoms with van der Waals surface area (Å²) in [7, 11) is 0. The van der Waals surface area contributed by atoms with Crippen molar-refractivity contribution in [2.75, 3.05) is 0 Å². The van der Waals surface area contributed by atoms with Crippen molar-refractivity contribution >= 4 is 0 Å². The summed E-state index contributed by atoms with van der Waals surface area (Å²) in [5, 5.41) is 0. The van der Waals surface area contributed by atoms with E-state index in [1.807, 2.05) is 6.20 Å². The molecular formula is C18H26N2O. The van der Waals surface area contributed by atoms with Gasteiger partial charge in [0.1, 0.15) is 6.10 Å². The maximum atomic E-state index is 6.08. The Hall–Kier alpha value is -1.12. The van der Waals surface area contributed by atoms with Crippen molar-refractivity contribution in [3.63, 3.8) is 0 Å². The van der Waals surface area contributed by atoms with Crippen molar-refractivity contribution in [2.45, 2.75) is 77.2 Å². The van der Waals surface area contributed by atoms with Crippen LogP contribution >= 0.6 is 0 Å². The van der Waals surface area contributed by atoms with E-state index < -0.39 is 0 Å². The average molecular weight is 286 g/mol. The maximum Gasteiger partial charge on any atom is 0.316 e. The lowest BCUT2D eigenvalue weighted by Crippen LogP contribution is -2.28. The zero-order valence-corrected chi connectivity index (χ0v) is 13.1. The summed E-state index contributed by atoms with van der Waals surface area (Å²) in [5.74, 6) is 0.932. The van der Waals surface area contributed by atoms with Gasteiger partial charge in [-0.3, -0.25) is 0 Å². The molecule has 0 bridgehead atoms. The molecule has 0 saturated heterocycles. The first-order valence-electron chi connectivity index (χ1n) is 8.74. The number of rotatable bonds is 3. The SMILES string of the molecule is CC1([C@H]2CC[C@@H](Oc3ncc4c(n3)CCCC4)CC2)CC1. The second kappa shape index (κ2) is 5.26. The van der Waals surface area contributed by atoms with Crippen LogP contribution in [0.15, 0.2) is 6.20 Å². The quantitative estimate of drug-likeness (QED) is 0.839. The molecule has 1 heterocycles. The van der Waals surface area contributed by atoms with Crippen molar-refractivity contribution < 1.29 is 4.74 Å². The first kappa shape index (κ1) is 13.5. The van der Waals surface area contributed by atoms with Crippen LogP contribution in [0.1, 0.15) is 69.5 Å². The molecule has 4 rings (SSSR count). The third-order valence-electron chi connectivity index (χ3n) is 6.01. The lowest BCUT2D eigenvalue weighted by molar-refractivity contribution is 0.0992. The standard InChI is InChI=1S/C18H26N2O/c1-18(10-11-18)14-6-8-15(9-7-14)21-17-19-12-13-4-2-3-5-16(13)20-17/h12,14-15H,2-11H2,1H3/t14-,15+. The summed E-state index contributed by atoms with van der Waals surface area (Å²) in [6, 6.07) is 0.622. The summed E-state index contributed by atoms with van der Waals surface area (Å²) in [6.07, 6.45) is 15.0. The van der Waals surface area contributed by atoms with Gasteiger partial charge in [-0.2, -0.15) is 4.98 Å². The second-order valence-corrected chi connectivity index (χ2v) is 7.58. The predicted molar refractivity (Wildman–Crippen MR) is 82.4 cm³/mol. The highest BCUT2D eigenvalue weighted by Crippen LogP contribution is 2.55. The Morgan fingerprint density at radius 3 is 2.62 bits per heavy atom. The number of aromatic nitrogens is 2. The molecule has 2 saturated carbocycles. The van der Waals surface area contributed by atoms with E-state index in [0.717, 1.165) is 18.8 Å². The van der Waals surface area contributed by atoms with Gasteiger partial charge in [-0.25, -0.2) is 4.98 Å². The van der Waals surface area contributed by atoms with Crippen LogP contribution in [0.5, 0.6) is 6.01 Å². The molecule has 0 aromatic carbocycles. The molecule has 3 aliphatic rings. The summed E-state index contributed by atoms with van der Waals surface area (Å²) < 4.78 is 6.08. The molecule has 21 heavy (non-hydrogen) atoms. The van der Waals surface area contributed by atoms with Crippen LogP contribution in [-0.2, 0) is 12.8 Å². The molecule has 0 radical (unpaired) electrons. The maximum absolute atomic E-state index is 6.08. The molecule has 0 N–H and O–H groups in total. The van der Waals surface area contributed by atoms with Gasteiger partial charge in [-0.05, 0) is 81.1 Å². The fourth-order valence-corrected chi connectivity index (χ4v) is 4.15. The van der Waals surface area contributed by atoms with E-state index >= 15 is 0 Å². The Kier molecular flexibility index (Phi) is 3.39. The third-order valence-corrected chi connectivity index (χ3v) is 6.01. The first-order valence-corrected chi connectivity index (χ1v) is 8.74. The Bertz CT molecular complexity index is 516. The molecule has 0 unspecified atom stereocenters. The van der Waals surface area contributed by atoms with E-state index in [0.29, 0.717) is 17.5 Å². The first-order chi connectivity index (χ1) is 10.2. The van der Waals surface area contributed by atoms with E-state index in [9.17, 15) is 0 Å². The van der Waals surface area contributed by atoms with Crippen LogP contribution in [0.25, 0.3) is 0 Å². The van der Waals surface area contributed by atoms with Crippen LogP contribution in [-0.4, -0.2) is 16.1 Å². The molecule has 3 heteroatoms. The highest BCUT2D eigenvalue weighted by molar-refractivity contribution is 5.21. The Balaban J connectivity index is 1.36. The number of ether oxygens (including phenoxy) is 1. The van der Waals surface area contributed by atoms with E-state index in [1.165, 1.54) is 62.6 Å². The molecule has 1 aromatic heterocycles. The average Bonchev–Trinajstić information content (AvgIpc) is 3.27. The topological polar surface area (TPSA) is 35.0 Å². The third kappa shape index (κ3) is 2.79. The van der Waals surface area contributed by atoms with Gasteiger partial charge in [0.25, 0.3) is 0 Å². The Labute approximate surface area is 127 Å². The van der Waals surface area contributed by atoms with Crippen molar-refractivity contribution in [3.8, 4) is 6.01 Å². The number of aryl methyl sites for hydroxylation is 2. The molecule has 3 nitrogen and oxygen atoms in total. The smallest absolute Gasteiger partial charge is 0.316 e. The molecule has 114 valence electrons. The summed E-state index contributed by atoms with van der Waals surface area (Å²) in [5.41, 5.74) is 3.23. The van der Waals surface area contributed by atoms with Crippen LogP contribution in [0, 0.1) is 11.3 Å². The second-order valence-electron chi connectivity index (χ2n) is 7.58. The van der Waals surface area contributed by atoms with Gasteiger partial charge in [0.15, 0.2) is 0 Å². The molecular weight excluding hydrogens is 260 g/mol. The minimum absolute atomic E-state index is 0.338. The lowest BCUT2D eigenvalue weighted by Gasteiger charge is -2.32. The van der Waals surface area contributed by atoms with Gasteiger partial charge in [0, 0.05) is 6.20 Å². The highest BCUT2D eigenvalue weighted by Gasteiger charge is 2.45. The Morgan fingerprint density at radius 1 is 1.10 bits per heavy atom. The van der Waals surface area contributed by atoms with Crippen molar-refractivity contribution in [3.05, 3.63) is 17.5 Å². The normalized spacial score (nSPS) is 30.5. The Morgan fingerprint density at radius 2 is 1.86 bits per heavy atom. The van der Waals surface area contributed by atoms with Crippen LogP contribution in [0.4, 0.5) is 0 Å². The molecule has 1 aromatic rings. The van der Waals surface area contributed by atoms with E-state index in [1.54, 1.807) is 0 Å². The van der Waals surface area contributed by atoms with Crippen molar-refractivity contribution in [1.82, 2.24) is 9.97 Å². The minimum atomic E-state index is 0.338.